The molecule has 0 aromatic rings. The van der Waals surface area contributed by atoms with Gasteiger partial charge in [0.2, 0.25) is 5.24 Å². The molecule has 1 saturated carbocycles. The molecular weight excluding hydrogens is 266 g/mol. The lowest BCUT2D eigenvalue weighted by Gasteiger charge is -2.28. The van der Waals surface area contributed by atoms with Gasteiger partial charge in [0, 0.05) is 11.8 Å². The van der Waals surface area contributed by atoms with Gasteiger partial charge >= 0.3 is 0 Å². The fourth-order valence-electron chi connectivity index (χ4n) is 2.75. The maximum atomic E-state index is 11.3. The first-order valence-electron chi connectivity index (χ1n) is 5.21. The first kappa shape index (κ1) is 12.5. The third kappa shape index (κ3) is 1.83. The molecule has 1 nitrogen and oxygen atoms in total. The topological polar surface area (TPSA) is 17.1 Å². The van der Waals surface area contributed by atoms with Crippen LogP contribution in [0.3, 0.4) is 0 Å². The average molecular weight is 280 g/mol. The highest BCUT2D eigenvalue weighted by Gasteiger charge is 2.66. The summed E-state index contributed by atoms with van der Waals surface area (Å²) in [5, 5.41) is -0.290. The molecule has 2 aliphatic rings. The molecule has 4 heteroatoms. The summed E-state index contributed by atoms with van der Waals surface area (Å²) >= 11 is 18.1. The highest BCUT2D eigenvalue weighted by molar-refractivity contribution is 6.64. The molecular formula is C12H13Cl3O. The Hall–Kier alpha value is 0.0200. The summed E-state index contributed by atoms with van der Waals surface area (Å²) in [5.41, 5.74) is -0.117. The molecule has 1 unspecified atom stereocenters. The molecule has 0 bridgehead atoms. The normalized spacial score (nSPS) is 38.4. The molecule has 0 aliphatic heterocycles. The SMILES string of the molecule is CC1(C)[C@@H](C(=O)Cl)[C@@H]1C1C=CC=CC1(Cl)Cl. The summed E-state index contributed by atoms with van der Waals surface area (Å²) in [7, 11) is 0. The van der Waals surface area contributed by atoms with Crippen LogP contribution in [0.2, 0.25) is 0 Å². The number of carbonyl (C=O) groups is 1. The molecule has 3 atom stereocenters. The van der Waals surface area contributed by atoms with Crippen molar-refractivity contribution in [3.05, 3.63) is 24.3 Å². The van der Waals surface area contributed by atoms with E-state index in [0.717, 1.165) is 0 Å². The second-order valence-electron chi connectivity index (χ2n) is 5.07. The molecule has 0 aromatic carbocycles. The van der Waals surface area contributed by atoms with Gasteiger partial charge in [0.15, 0.2) is 0 Å². The second kappa shape index (κ2) is 3.76. The van der Waals surface area contributed by atoms with Gasteiger partial charge in [0.25, 0.3) is 0 Å². The lowest BCUT2D eigenvalue weighted by molar-refractivity contribution is -0.113. The van der Waals surface area contributed by atoms with E-state index in [1.807, 2.05) is 32.1 Å². The minimum absolute atomic E-state index is 0.0523. The van der Waals surface area contributed by atoms with Gasteiger partial charge in [0.05, 0.1) is 0 Å². The molecule has 2 rings (SSSR count). The minimum atomic E-state index is -0.933. The van der Waals surface area contributed by atoms with Gasteiger partial charge in [0.1, 0.15) is 4.33 Å². The van der Waals surface area contributed by atoms with Gasteiger partial charge in [-0.25, -0.2) is 0 Å². The van der Waals surface area contributed by atoms with Crippen LogP contribution in [0, 0.1) is 23.2 Å². The van der Waals surface area contributed by atoms with E-state index in [2.05, 4.69) is 0 Å². The molecule has 2 aliphatic carbocycles. The summed E-state index contributed by atoms with van der Waals surface area (Å²) in [6.45, 7) is 4.05. The van der Waals surface area contributed by atoms with E-state index in [-0.39, 0.29) is 28.4 Å². The number of alkyl halides is 2. The van der Waals surface area contributed by atoms with E-state index in [9.17, 15) is 4.79 Å². The summed E-state index contributed by atoms with van der Waals surface area (Å²) in [4.78, 5) is 11.3. The molecule has 0 N–H and O–H groups in total. The zero-order valence-corrected chi connectivity index (χ0v) is 11.4. The number of hydrogen-bond donors (Lipinski definition) is 0. The molecule has 88 valence electrons. The average Bonchev–Trinajstić information content (AvgIpc) is 2.68. The Balaban J connectivity index is 2.25. The van der Waals surface area contributed by atoms with Gasteiger partial charge < -0.3 is 0 Å². The van der Waals surface area contributed by atoms with Crippen LogP contribution in [-0.4, -0.2) is 9.58 Å². The Kier molecular flexibility index (Phi) is 2.93. The van der Waals surface area contributed by atoms with Crippen molar-refractivity contribution >= 4 is 40.0 Å². The van der Waals surface area contributed by atoms with Crippen molar-refractivity contribution in [2.24, 2.45) is 23.2 Å². The van der Waals surface area contributed by atoms with Crippen LogP contribution >= 0.6 is 34.8 Å². The fourth-order valence-corrected chi connectivity index (χ4v) is 3.73. The van der Waals surface area contributed by atoms with Gasteiger partial charge in [-0.2, -0.15) is 0 Å². The number of rotatable bonds is 2. The van der Waals surface area contributed by atoms with Crippen LogP contribution in [-0.2, 0) is 4.79 Å². The zero-order valence-electron chi connectivity index (χ0n) is 9.08. The van der Waals surface area contributed by atoms with E-state index >= 15 is 0 Å². The van der Waals surface area contributed by atoms with Gasteiger partial charge in [-0.05, 0) is 29.0 Å². The largest absolute Gasteiger partial charge is 0.281 e. The molecule has 0 radical (unpaired) electrons. The monoisotopic (exact) mass is 278 g/mol. The van der Waals surface area contributed by atoms with Crippen molar-refractivity contribution in [2.45, 2.75) is 18.2 Å². The molecule has 0 saturated heterocycles. The number of carbonyl (C=O) groups excluding carboxylic acids is 1. The number of halogens is 3. The minimum Gasteiger partial charge on any atom is -0.281 e. The van der Waals surface area contributed by atoms with E-state index in [1.165, 1.54) is 0 Å². The van der Waals surface area contributed by atoms with E-state index < -0.39 is 4.33 Å². The standard InChI is InChI=1S/C12H13Cl3O/c1-11(2)8(9(11)10(13)16)7-5-3-4-6-12(7,14)15/h3-9H,1-2H3/t7?,8-,9+/m0/s1. The fraction of sp³-hybridized carbons (Fsp3) is 0.583. The van der Waals surface area contributed by atoms with Gasteiger partial charge in [-0.3, -0.25) is 4.79 Å². The second-order valence-corrected chi connectivity index (χ2v) is 6.89. The van der Waals surface area contributed by atoms with Crippen LogP contribution in [0.15, 0.2) is 24.3 Å². The molecule has 1 fully saturated rings. The summed E-state index contributed by atoms with van der Waals surface area (Å²) < 4.78 is -0.933. The van der Waals surface area contributed by atoms with Crippen molar-refractivity contribution in [3.63, 3.8) is 0 Å². The first-order valence-corrected chi connectivity index (χ1v) is 6.35. The Morgan fingerprint density at radius 3 is 2.31 bits per heavy atom. The van der Waals surface area contributed by atoms with Crippen molar-refractivity contribution in [1.82, 2.24) is 0 Å². The number of hydrogen-bond acceptors (Lipinski definition) is 1. The lowest BCUT2D eigenvalue weighted by Crippen LogP contribution is -2.27. The summed E-state index contributed by atoms with van der Waals surface area (Å²) in [5.74, 6) is -0.0792. The zero-order chi connectivity index (χ0) is 12.1. The number of allylic oxidation sites excluding steroid dienone is 4. The van der Waals surface area contributed by atoms with E-state index in [1.54, 1.807) is 6.08 Å². The molecule has 0 aromatic heterocycles. The van der Waals surface area contributed by atoms with E-state index in [0.29, 0.717) is 0 Å². The third-order valence-corrected chi connectivity index (χ3v) is 4.73. The maximum absolute atomic E-state index is 11.3. The smallest absolute Gasteiger partial charge is 0.225 e. The Morgan fingerprint density at radius 2 is 1.88 bits per heavy atom. The quantitative estimate of drug-likeness (QED) is 0.553. The highest BCUT2D eigenvalue weighted by atomic mass is 35.5. The van der Waals surface area contributed by atoms with Crippen LogP contribution in [0.5, 0.6) is 0 Å². The summed E-state index contributed by atoms with van der Waals surface area (Å²) in [6.07, 6.45) is 7.46. The Labute approximate surface area is 110 Å². The third-order valence-electron chi connectivity index (χ3n) is 3.73. The van der Waals surface area contributed by atoms with Crippen molar-refractivity contribution < 1.29 is 4.79 Å². The molecule has 16 heavy (non-hydrogen) atoms. The predicted octanol–water partition coefficient (Wildman–Crippen LogP) is 3.94. The van der Waals surface area contributed by atoms with Crippen LogP contribution in [0.1, 0.15) is 13.8 Å². The van der Waals surface area contributed by atoms with E-state index in [4.69, 9.17) is 34.8 Å². The van der Waals surface area contributed by atoms with Crippen molar-refractivity contribution in [3.8, 4) is 0 Å². The van der Waals surface area contributed by atoms with Crippen LogP contribution in [0.25, 0.3) is 0 Å². The first-order chi connectivity index (χ1) is 7.28. The van der Waals surface area contributed by atoms with Crippen molar-refractivity contribution in [1.29, 1.82) is 0 Å². The van der Waals surface area contributed by atoms with Crippen LogP contribution < -0.4 is 0 Å². The van der Waals surface area contributed by atoms with Crippen molar-refractivity contribution in [2.75, 3.05) is 0 Å². The highest BCUT2D eigenvalue weighted by Crippen LogP contribution is 2.66. The Morgan fingerprint density at radius 1 is 1.25 bits per heavy atom. The summed E-state index contributed by atoms with van der Waals surface area (Å²) in [6, 6.07) is 0. The molecule has 0 amide bonds. The predicted molar refractivity (Wildman–Crippen MR) is 67.8 cm³/mol. The molecule has 0 spiro atoms. The Bertz CT molecular complexity index is 382. The lowest BCUT2D eigenvalue weighted by atomic mass is 9.90. The molecule has 0 heterocycles. The van der Waals surface area contributed by atoms with Gasteiger partial charge in [-0.1, -0.05) is 55.3 Å². The van der Waals surface area contributed by atoms with Gasteiger partial charge in [-0.15, -0.1) is 0 Å². The van der Waals surface area contributed by atoms with Crippen LogP contribution in [0.4, 0.5) is 0 Å². The maximum Gasteiger partial charge on any atom is 0.225 e.